The van der Waals surface area contributed by atoms with E-state index in [9.17, 15) is 19.1 Å². The third-order valence-corrected chi connectivity index (χ3v) is 5.96. The standard InChI is InChI=1S/C24H21FN2O6/c1-31-14-6-7-19-17(8-14)22(18(25)10-26-19)20(28)9-21-32-11-13(12-33-21)27-23(29)15-4-2-3-5-16(15)24(27)30/h2-8,10,13,20-21,28H,9,11-12H2,1H3/t13-,20?,21-. The first-order chi connectivity index (χ1) is 16.0. The highest BCUT2D eigenvalue weighted by Crippen LogP contribution is 2.33. The second-order valence-corrected chi connectivity index (χ2v) is 7.93. The molecule has 2 aromatic carbocycles. The van der Waals surface area contributed by atoms with Gasteiger partial charge in [-0.25, -0.2) is 4.39 Å². The highest BCUT2D eigenvalue weighted by atomic mass is 19.1. The Labute approximate surface area is 188 Å². The van der Waals surface area contributed by atoms with Crippen molar-refractivity contribution in [1.82, 2.24) is 9.88 Å². The molecule has 3 heterocycles. The van der Waals surface area contributed by atoms with E-state index in [4.69, 9.17) is 14.2 Å². The van der Waals surface area contributed by atoms with Crippen molar-refractivity contribution in [1.29, 1.82) is 0 Å². The van der Waals surface area contributed by atoms with Gasteiger partial charge in [-0.15, -0.1) is 0 Å². The summed E-state index contributed by atoms with van der Waals surface area (Å²) in [6, 6.07) is 11.1. The van der Waals surface area contributed by atoms with Gasteiger partial charge in [0.25, 0.3) is 11.8 Å². The van der Waals surface area contributed by atoms with Crippen LogP contribution < -0.4 is 4.74 Å². The van der Waals surface area contributed by atoms with E-state index in [1.54, 1.807) is 42.5 Å². The zero-order valence-corrected chi connectivity index (χ0v) is 17.7. The molecule has 0 aliphatic carbocycles. The molecule has 2 amide bonds. The third-order valence-electron chi connectivity index (χ3n) is 5.96. The number of imide groups is 1. The molecule has 0 radical (unpaired) electrons. The van der Waals surface area contributed by atoms with Gasteiger partial charge in [-0.05, 0) is 30.3 Å². The first-order valence-electron chi connectivity index (χ1n) is 10.5. The fourth-order valence-corrected chi connectivity index (χ4v) is 4.29. The quantitative estimate of drug-likeness (QED) is 0.595. The zero-order valence-electron chi connectivity index (χ0n) is 17.7. The molecular formula is C24H21FN2O6. The summed E-state index contributed by atoms with van der Waals surface area (Å²) in [6.45, 7) is 0.104. The van der Waals surface area contributed by atoms with Crippen LogP contribution in [-0.4, -0.2) is 59.5 Å². The minimum atomic E-state index is -1.23. The molecule has 1 fully saturated rings. The number of carbonyl (C=O) groups is 2. The van der Waals surface area contributed by atoms with Gasteiger partial charge in [0.2, 0.25) is 0 Å². The number of hydrogen-bond acceptors (Lipinski definition) is 7. The summed E-state index contributed by atoms with van der Waals surface area (Å²) in [5.74, 6) is -0.906. The van der Waals surface area contributed by atoms with Crippen LogP contribution in [0.25, 0.3) is 10.9 Å². The Balaban J connectivity index is 1.28. The lowest BCUT2D eigenvalue weighted by Crippen LogP contribution is -2.50. The Bertz CT molecular complexity index is 1210. The number of carbonyl (C=O) groups excluding carboxylic acids is 2. The largest absolute Gasteiger partial charge is 0.497 e. The van der Waals surface area contributed by atoms with Gasteiger partial charge >= 0.3 is 0 Å². The molecule has 0 spiro atoms. The summed E-state index contributed by atoms with van der Waals surface area (Å²) in [5.41, 5.74) is 1.31. The maximum absolute atomic E-state index is 14.6. The van der Waals surface area contributed by atoms with Crippen molar-refractivity contribution in [3.05, 3.63) is 71.2 Å². The average molecular weight is 452 g/mol. The molecule has 1 atom stereocenters. The molecule has 9 heteroatoms. The Morgan fingerprint density at radius 3 is 2.45 bits per heavy atom. The molecule has 2 aliphatic rings. The number of fused-ring (bicyclic) bond motifs is 2. The second-order valence-electron chi connectivity index (χ2n) is 7.93. The lowest BCUT2D eigenvalue weighted by atomic mass is 10.0. The van der Waals surface area contributed by atoms with E-state index in [0.717, 1.165) is 11.1 Å². The number of amides is 2. The highest BCUT2D eigenvalue weighted by molar-refractivity contribution is 6.21. The monoisotopic (exact) mass is 452 g/mol. The fourth-order valence-electron chi connectivity index (χ4n) is 4.29. The topological polar surface area (TPSA) is 98.2 Å². The van der Waals surface area contributed by atoms with Crippen molar-refractivity contribution < 1.29 is 33.3 Å². The first kappa shape index (κ1) is 21.4. The van der Waals surface area contributed by atoms with Gasteiger partial charge in [0.05, 0.1) is 55.3 Å². The van der Waals surface area contributed by atoms with Gasteiger partial charge in [-0.1, -0.05) is 12.1 Å². The Kier molecular flexibility index (Phi) is 5.53. The number of methoxy groups -OCH3 is 1. The van der Waals surface area contributed by atoms with E-state index in [1.165, 1.54) is 7.11 Å². The number of rotatable bonds is 5. The highest BCUT2D eigenvalue weighted by Gasteiger charge is 2.42. The zero-order chi connectivity index (χ0) is 23.1. The summed E-state index contributed by atoms with van der Waals surface area (Å²) in [5, 5.41) is 11.2. The smallest absolute Gasteiger partial charge is 0.261 e. The molecular weight excluding hydrogens is 431 g/mol. The lowest BCUT2D eigenvalue weighted by molar-refractivity contribution is -0.208. The summed E-state index contributed by atoms with van der Waals surface area (Å²) in [4.78, 5) is 30.5. The van der Waals surface area contributed by atoms with E-state index < -0.39 is 24.3 Å². The van der Waals surface area contributed by atoms with Crippen LogP contribution in [-0.2, 0) is 9.47 Å². The fraction of sp³-hybridized carbons (Fsp3) is 0.292. The van der Waals surface area contributed by atoms with Crippen molar-refractivity contribution in [2.24, 2.45) is 0 Å². The number of ether oxygens (including phenoxy) is 3. The van der Waals surface area contributed by atoms with Crippen LogP contribution in [0.3, 0.4) is 0 Å². The molecule has 1 unspecified atom stereocenters. The van der Waals surface area contributed by atoms with E-state index in [2.05, 4.69) is 4.98 Å². The van der Waals surface area contributed by atoms with Crippen LogP contribution in [0.1, 0.15) is 38.8 Å². The number of aliphatic hydroxyl groups excluding tert-OH is 1. The predicted molar refractivity (Wildman–Crippen MR) is 114 cm³/mol. The molecule has 2 aliphatic heterocycles. The van der Waals surface area contributed by atoms with Crippen LogP contribution >= 0.6 is 0 Å². The number of aromatic nitrogens is 1. The Morgan fingerprint density at radius 2 is 1.82 bits per heavy atom. The van der Waals surface area contributed by atoms with Crippen LogP contribution in [0.5, 0.6) is 5.75 Å². The normalized spacial score (nSPS) is 21.4. The van der Waals surface area contributed by atoms with Crippen molar-refractivity contribution >= 4 is 22.7 Å². The van der Waals surface area contributed by atoms with Crippen molar-refractivity contribution in [2.45, 2.75) is 24.9 Å². The van der Waals surface area contributed by atoms with Crippen LogP contribution in [0, 0.1) is 5.82 Å². The number of pyridine rings is 1. The molecule has 1 saturated heterocycles. The minimum Gasteiger partial charge on any atom is -0.497 e. The molecule has 1 aromatic heterocycles. The molecule has 0 bridgehead atoms. The van der Waals surface area contributed by atoms with Gasteiger partial charge < -0.3 is 19.3 Å². The number of aliphatic hydroxyl groups is 1. The van der Waals surface area contributed by atoms with E-state index in [-0.39, 0.29) is 37.0 Å². The molecule has 8 nitrogen and oxygen atoms in total. The molecule has 1 N–H and O–H groups in total. The van der Waals surface area contributed by atoms with Gasteiger partial charge in [0, 0.05) is 17.4 Å². The van der Waals surface area contributed by atoms with Gasteiger partial charge in [-0.2, -0.15) is 0 Å². The second kappa shape index (κ2) is 8.51. The van der Waals surface area contributed by atoms with Gasteiger partial charge in [0.15, 0.2) is 6.29 Å². The number of halogens is 1. The summed E-state index contributed by atoms with van der Waals surface area (Å²) >= 11 is 0. The van der Waals surface area contributed by atoms with E-state index in [0.29, 0.717) is 27.8 Å². The number of benzene rings is 2. The lowest BCUT2D eigenvalue weighted by Gasteiger charge is -2.34. The molecule has 33 heavy (non-hydrogen) atoms. The Morgan fingerprint density at radius 1 is 1.15 bits per heavy atom. The predicted octanol–water partition coefficient (Wildman–Crippen LogP) is 2.84. The molecule has 0 saturated carbocycles. The number of hydrogen-bond donors (Lipinski definition) is 1. The van der Waals surface area contributed by atoms with Gasteiger partial charge in [0.1, 0.15) is 11.6 Å². The van der Waals surface area contributed by atoms with Crippen LogP contribution in [0.15, 0.2) is 48.7 Å². The number of nitrogens with zero attached hydrogens (tertiary/aromatic N) is 2. The average Bonchev–Trinajstić information content (AvgIpc) is 3.09. The summed E-state index contributed by atoms with van der Waals surface area (Å²) in [7, 11) is 1.50. The van der Waals surface area contributed by atoms with Gasteiger partial charge in [-0.3, -0.25) is 19.5 Å². The maximum Gasteiger partial charge on any atom is 0.261 e. The van der Waals surface area contributed by atoms with Crippen LogP contribution in [0.2, 0.25) is 0 Å². The van der Waals surface area contributed by atoms with Crippen molar-refractivity contribution in [3.63, 3.8) is 0 Å². The minimum absolute atomic E-state index is 0.0396. The van der Waals surface area contributed by atoms with E-state index in [1.807, 2.05) is 0 Å². The first-order valence-corrected chi connectivity index (χ1v) is 10.5. The van der Waals surface area contributed by atoms with E-state index >= 15 is 0 Å². The SMILES string of the molecule is COc1ccc2ncc(F)c(C(O)C[C@H]3OC[C@H](N4C(=O)c5ccccc5C4=O)CO3)c2c1. The Hall–Kier alpha value is -3.40. The molecule has 170 valence electrons. The summed E-state index contributed by atoms with van der Waals surface area (Å²) < 4.78 is 31.2. The summed E-state index contributed by atoms with van der Waals surface area (Å²) in [6.07, 6.45) is -1.04. The van der Waals surface area contributed by atoms with Crippen molar-refractivity contribution in [3.8, 4) is 5.75 Å². The third kappa shape index (κ3) is 3.74. The van der Waals surface area contributed by atoms with Crippen molar-refractivity contribution in [2.75, 3.05) is 20.3 Å². The van der Waals surface area contributed by atoms with Crippen LogP contribution in [0.4, 0.5) is 4.39 Å². The maximum atomic E-state index is 14.6. The molecule has 3 aromatic rings. The molecule has 5 rings (SSSR count).